The number of aryl methyl sites for hydroxylation is 1. The lowest BCUT2D eigenvalue weighted by Gasteiger charge is -2.12. The van der Waals surface area contributed by atoms with Gasteiger partial charge >= 0.3 is 0 Å². The third-order valence-electron chi connectivity index (χ3n) is 4.64. The van der Waals surface area contributed by atoms with Crippen molar-refractivity contribution in [3.05, 3.63) is 77.9 Å². The van der Waals surface area contributed by atoms with Gasteiger partial charge in [0.15, 0.2) is 11.5 Å². The molecule has 0 fully saturated rings. The average molecular weight is 402 g/mol. The maximum Gasteiger partial charge on any atom is 0.258 e. The predicted octanol–water partition coefficient (Wildman–Crippen LogP) is 5.31. The molecule has 3 aromatic carbocycles. The van der Waals surface area contributed by atoms with Crippen molar-refractivity contribution in [2.75, 3.05) is 14.2 Å². The molecule has 0 N–H and O–H groups in total. The molecule has 152 valence electrons. The Bertz CT molecular complexity index is 1150. The molecular weight excluding hydrogens is 380 g/mol. The molecule has 30 heavy (non-hydrogen) atoms. The second-order valence-electron chi connectivity index (χ2n) is 6.80. The van der Waals surface area contributed by atoms with Crippen molar-refractivity contribution in [1.29, 1.82) is 0 Å². The summed E-state index contributed by atoms with van der Waals surface area (Å²) in [5, 5.41) is 4.11. The summed E-state index contributed by atoms with van der Waals surface area (Å²) in [5.41, 5.74) is 3.80. The Kier molecular flexibility index (Phi) is 5.66. The van der Waals surface area contributed by atoms with Gasteiger partial charge in [0.25, 0.3) is 5.89 Å². The minimum atomic E-state index is 0.395. The molecule has 0 spiro atoms. The molecule has 0 saturated carbocycles. The summed E-state index contributed by atoms with van der Waals surface area (Å²) < 4.78 is 22.2. The van der Waals surface area contributed by atoms with E-state index in [1.165, 1.54) is 0 Å². The first-order chi connectivity index (χ1) is 14.7. The molecule has 4 rings (SSSR count). The van der Waals surface area contributed by atoms with Gasteiger partial charge in [0.2, 0.25) is 5.82 Å². The van der Waals surface area contributed by atoms with E-state index in [4.69, 9.17) is 18.7 Å². The fourth-order valence-corrected chi connectivity index (χ4v) is 3.09. The number of hydrogen-bond acceptors (Lipinski definition) is 6. The quantitative estimate of drug-likeness (QED) is 0.417. The Morgan fingerprint density at radius 1 is 0.833 bits per heavy atom. The van der Waals surface area contributed by atoms with Crippen LogP contribution in [0, 0.1) is 6.92 Å². The van der Waals surface area contributed by atoms with Gasteiger partial charge in [-0.15, -0.1) is 0 Å². The number of rotatable bonds is 7. The zero-order valence-corrected chi connectivity index (χ0v) is 17.1. The molecule has 6 nitrogen and oxygen atoms in total. The van der Waals surface area contributed by atoms with Gasteiger partial charge in [-0.1, -0.05) is 35.0 Å². The third-order valence-corrected chi connectivity index (χ3v) is 4.64. The Balaban J connectivity index is 1.53. The molecule has 0 aliphatic heterocycles. The standard InChI is InChI=1S/C24H22N2O4/c1-16-6-4-8-19(12-16)24-25-23(26-30-24)18-10-11-21(22(14-18)28-3)29-15-17-7-5-9-20(13-17)27-2/h4-14H,15H2,1-3H3. The first-order valence-electron chi connectivity index (χ1n) is 9.51. The van der Waals surface area contributed by atoms with E-state index in [0.29, 0.717) is 29.8 Å². The highest BCUT2D eigenvalue weighted by Crippen LogP contribution is 2.33. The summed E-state index contributed by atoms with van der Waals surface area (Å²) in [4.78, 5) is 4.52. The lowest BCUT2D eigenvalue weighted by Crippen LogP contribution is -1.98. The fraction of sp³-hybridized carbons (Fsp3) is 0.167. The number of methoxy groups -OCH3 is 2. The van der Waals surface area contributed by atoms with Crippen molar-refractivity contribution >= 4 is 0 Å². The van der Waals surface area contributed by atoms with Crippen molar-refractivity contribution < 1.29 is 18.7 Å². The van der Waals surface area contributed by atoms with Crippen LogP contribution in [-0.2, 0) is 6.61 Å². The molecule has 0 aliphatic carbocycles. The van der Waals surface area contributed by atoms with E-state index < -0.39 is 0 Å². The number of aromatic nitrogens is 2. The summed E-state index contributed by atoms with van der Waals surface area (Å²) in [6.07, 6.45) is 0. The molecule has 0 saturated heterocycles. The largest absolute Gasteiger partial charge is 0.497 e. The van der Waals surface area contributed by atoms with Crippen LogP contribution in [0.2, 0.25) is 0 Å². The molecule has 0 unspecified atom stereocenters. The first kappa shape index (κ1) is 19.5. The SMILES string of the molecule is COc1cccc(COc2ccc(-c3noc(-c4cccc(C)c4)n3)cc2OC)c1. The highest BCUT2D eigenvalue weighted by Gasteiger charge is 2.14. The van der Waals surface area contributed by atoms with E-state index in [-0.39, 0.29) is 0 Å². The molecular formula is C24H22N2O4. The van der Waals surface area contributed by atoms with Gasteiger partial charge in [0, 0.05) is 11.1 Å². The summed E-state index contributed by atoms with van der Waals surface area (Å²) in [7, 11) is 3.25. The van der Waals surface area contributed by atoms with Crippen LogP contribution >= 0.6 is 0 Å². The Morgan fingerprint density at radius 2 is 1.70 bits per heavy atom. The van der Waals surface area contributed by atoms with E-state index in [1.807, 2.05) is 73.7 Å². The zero-order valence-electron chi connectivity index (χ0n) is 17.1. The van der Waals surface area contributed by atoms with E-state index in [0.717, 1.165) is 28.0 Å². The molecule has 1 aromatic heterocycles. The van der Waals surface area contributed by atoms with Crippen LogP contribution in [0.3, 0.4) is 0 Å². The molecule has 6 heteroatoms. The minimum absolute atomic E-state index is 0.395. The molecule has 0 aliphatic rings. The normalized spacial score (nSPS) is 10.6. The minimum Gasteiger partial charge on any atom is -0.497 e. The lowest BCUT2D eigenvalue weighted by atomic mass is 10.1. The molecule has 0 radical (unpaired) electrons. The van der Waals surface area contributed by atoms with Crippen LogP contribution in [0.4, 0.5) is 0 Å². The summed E-state index contributed by atoms with van der Waals surface area (Å²) >= 11 is 0. The summed E-state index contributed by atoms with van der Waals surface area (Å²) in [5.74, 6) is 2.99. The van der Waals surface area contributed by atoms with Crippen molar-refractivity contribution in [1.82, 2.24) is 10.1 Å². The van der Waals surface area contributed by atoms with Crippen LogP contribution in [-0.4, -0.2) is 24.4 Å². The second-order valence-corrected chi connectivity index (χ2v) is 6.80. The van der Waals surface area contributed by atoms with Crippen LogP contribution in [0.1, 0.15) is 11.1 Å². The second kappa shape index (κ2) is 8.69. The summed E-state index contributed by atoms with van der Waals surface area (Å²) in [6.45, 7) is 2.42. The van der Waals surface area contributed by atoms with Crippen LogP contribution in [0.15, 0.2) is 71.3 Å². The van der Waals surface area contributed by atoms with Gasteiger partial charge in [-0.3, -0.25) is 0 Å². The number of ether oxygens (including phenoxy) is 3. The number of benzene rings is 3. The van der Waals surface area contributed by atoms with Crippen LogP contribution < -0.4 is 14.2 Å². The maximum absolute atomic E-state index is 5.95. The molecule has 0 bridgehead atoms. The van der Waals surface area contributed by atoms with Gasteiger partial charge in [0.1, 0.15) is 12.4 Å². The van der Waals surface area contributed by atoms with Gasteiger partial charge in [-0.05, 0) is 55.0 Å². The monoisotopic (exact) mass is 402 g/mol. The topological polar surface area (TPSA) is 66.6 Å². The third kappa shape index (κ3) is 4.27. The highest BCUT2D eigenvalue weighted by molar-refractivity contribution is 5.63. The Hall–Kier alpha value is -3.80. The number of nitrogens with zero attached hydrogens (tertiary/aromatic N) is 2. The molecule has 0 amide bonds. The van der Waals surface area contributed by atoms with E-state index in [2.05, 4.69) is 10.1 Å². The van der Waals surface area contributed by atoms with E-state index in [1.54, 1.807) is 14.2 Å². The predicted molar refractivity (Wildman–Crippen MR) is 114 cm³/mol. The van der Waals surface area contributed by atoms with Gasteiger partial charge in [0.05, 0.1) is 14.2 Å². The first-order valence-corrected chi connectivity index (χ1v) is 9.51. The molecule has 4 aromatic rings. The van der Waals surface area contributed by atoms with Crippen LogP contribution in [0.5, 0.6) is 17.2 Å². The lowest BCUT2D eigenvalue weighted by molar-refractivity contribution is 0.284. The maximum atomic E-state index is 5.95. The summed E-state index contributed by atoms with van der Waals surface area (Å²) in [6, 6.07) is 21.3. The number of hydrogen-bond donors (Lipinski definition) is 0. The highest BCUT2D eigenvalue weighted by atomic mass is 16.5. The Morgan fingerprint density at radius 3 is 2.50 bits per heavy atom. The zero-order chi connectivity index (χ0) is 20.9. The molecule has 1 heterocycles. The van der Waals surface area contributed by atoms with Gasteiger partial charge in [-0.2, -0.15) is 4.98 Å². The molecule has 0 atom stereocenters. The van der Waals surface area contributed by atoms with Gasteiger partial charge in [-0.25, -0.2) is 0 Å². The van der Waals surface area contributed by atoms with Crippen molar-refractivity contribution in [2.24, 2.45) is 0 Å². The average Bonchev–Trinajstić information content (AvgIpc) is 3.28. The van der Waals surface area contributed by atoms with Crippen molar-refractivity contribution in [3.8, 4) is 40.1 Å². The smallest absolute Gasteiger partial charge is 0.258 e. The van der Waals surface area contributed by atoms with Crippen molar-refractivity contribution in [2.45, 2.75) is 13.5 Å². The fourth-order valence-electron chi connectivity index (χ4n) is 3.09. The Labute approximate surface area is 175 Å². The van der Waals surface area contributed by atoms with Gasteiger partial charge < -0.3 is 18.7 Å². The van der Waals surface area contributed by atoms with E-state index >= 15 is 0 Å². The van der Waals surface area contributed by atoms with Crippen LogP contribution in [0.25, 0.3) is 22.8 Å². The van der Waals surface area contributed by atoms with E-state index in [9.17, 15) is 0 Å². The van der Waals surface area contributed by atoms with Crippen molar-refractivity contribution in [3.63, 3.8) is 0 Å².